The standard InChI is InChI=1S/C22H20O2S/c1-17-9-14-21(15-10-17)25(23,24)22-16-18(2)8-12-20(22)13-11-19-6-4-3-5-7-19/h3-16H,1-2H3. The van der Waals surface area contributed by atoms with Crippen molar-refractivity contribution in [3.05, 3.63) is 95.1 Å². The van der Waals surface area contributed by atoms with Gasteiger partial charge in [-0.05, 0) is 48.7 Å². The van der Waals surface area contributed by atoms with Crippen LogP contribution in [-0.4, -0.2) is 8.42 Å². The molecular formula is C22H20O2S. The molecule has 3 heteroatoms. The van der Waals surface area contributed by atoms with Gasteiger partial charge < -0.3 is 0 Å². The molecule has 0 aliphatic rings. The van der Waals surface area contributed by atoms with Gasteiger partial charge in [-0.25, -0.2) is 8.42 Å². The van der Waals surface area contributed by atoms with Crippen LogP contribution in [0, 0.1) is 13.8 Å². The molecule has 2 nitrogen and oxygen atoms in total. The van der Waals surface area contributed by atoms with Gasteiger partial charge in [-0.15, -0.1) is 0 Å². The maximum Gasteiger partial charge on any atom is 0.207 e. The fourth-order valence-electron chi connectivity index (χ4n) is 2.61. The molecule has 3 aromatic rings. The highest BCUT2D eigenvalue weighted by molar-refractivity contribution is 7.91. The van der Waals surface area contributed by atoms with Crippen LogP contribution in [0.15, 0.2) is 82.6 Å². The summed E-state index contributed by atoms with van der Waals surface area (Å²) < 4.78 is 26.2. The van der Waals surface area contributed by atoms with Crippen LogP contribution in [0.1, 0.15) is 22.3 Å². The minimum Gasteiger partial charge on any atom is -0.218 e. The van der Waals surface area contributed by atoms with Gasteiger partial charge >= 0.3 is 0 Å². The Balaban J connectivity index is 2.08. The van der Waals surface area contributed by atoms with Gasteiger partial charge in [-0.3, -0.25) is 0 Å². The maximum absolute atomic E-state index is 13.1. The highest BCUT2D eigenvalue weighted by atomic mass is 32.2. The Labute approximate surface area is 149 Å². The SMILES string of the molecule is Cc1ccc(S(=O)(=O)c2cc(C)ccc2C=Cc2ccccc2)cc1. The maximum atomic E-state index is 13.1. The number of benzene rings is 3. The van der Waals surface area contributed by atoms with Crippen LogP contribution in [-0.2, 0) is 9.84 Å². The summed E-state index contributed by atoms with van der Waals surface area (Å²) in [5, 5.41) is 0. The molecule has 0 saturated carbocycles. The summed E-state index contributed by atoms with van der Waals surface area (Å²) in [7, 11) is -3.56. The molecule has 0 aliphatic heterocycles. The zero-order valence-corrected chi connectivity index (χ0v) is 15.1. The second-order valence-corrected chi connectivity index (χ2v) is 8.02. The fraction of sp³-hybridized carbons (Fsp3) is 0.0909. The van der Waals surface area contributed by atoms with E-state index in [1.54, 1.807) is 18.2 Å². The molecule has 0 bridgehead atoms. The molecule has 3 aromatic carbocycles. The highest BCUT2D eigenvalue weighted by Gasteiger charge is 2.20. The monoisotopic (exact) mass is 348 g/mol. The Morgan fingerprint density at radius 1 is 0.720 bits per heavy atom. The van der Waals surface area contributed by atoms with Gasteiger partial charge in [-0.2, -0.15) is 0 Å². The van der Waals surface area contributed by atoms with Gasteiger partial charge in [0.1, 0.15) is 0 Å². The van der Waals surface area contributed by atoms with Gasteiger partial charge in [0.25, 0.3) is 0 Å². The molecule has 126 valence electrons. The number of hydrogen-bond donors (Lipinski definition) is 0. The van der Waals surface area contributed by atoms with Gasteiger partial charge in [0.15, 0.2) is 0 Å². The van der Waals surface area contributed by atoms with Crippen LogP contribution in [0.4, 0.5) is 0 Å². The average molecular weight is 348 g/mol. The summed E-state index contributed by atoms with van der Waals surface area (Å²) in [5.74, 6) is 0. The summed E-state index contributed by atoms with van der Waals surface area (Å²) >= 11 is 0. The zero-order chi connectivity index (χ0) is 17.9. The molecular weight excluding hydrogens is 328 g/mol. The third-order valence-electron chi connectivity index (χ3n) is 4.04. The van der Waals surface area contributed by atoms with E-state index in [9.17, 15) is 8.42 Å². The third kappa shape index (κ3) is 3.89. The van der Waals surface area contributed by atoms with Crippen molar-refractivity contribution < 1.29 is 8.42 Å². The Morgan fingerprint density at radius 3 is 2.04 bits per heavy atom. The molecule has 0 heterocycles. The summed E-state index contributed by atoms with van der Waals surface area (Å²) in [6.45, 7) is 3.84. The molecule has 0 saturated heterocycles. The van der Waals surface area contributed by atoms with Gasteiger partial charge in [-0.1, -0.05) is 72.3 Å². The second kappa shape index (κ2) is 7.08. The molecule has 0 radical (unpaired) electrons. The summed E-state index contributed by atoms with van der Waals surface area (Å²) in [6.07, 6.45) is 3.79. The summed E-state index contributed by atoms with van der Waals surface area (Å²) in [4.78, 5) is 0.654. The first kappa shape index (κ1) is 17.2. The largest absolute Gasteiger partial charge is 0.218 e. The molecule has 0 aliphatic carbocycles. The molecule has 0 fully saturated rings. The molecule has 25 heavy (non-hydrogen) atoms. The zero-order valence-electron chi connectivity index (χ0n) is 14.3. The number of aryl methyl sites for hydroxylation is 2. The topological polar surface area (TPSA) is 34.1 Å². The Kier molecular flexibility index (Phi) is 4.86. The minimum absolute atomic E-state index is 0.318. The Morgan fingerprint density at radius 2 is 1.36 bits per heavy atom. The van der Waals surface area contributed by atoms with Crippen molar-refractivity contribution in [2.24, 2.45) is 0 Å². The molecule has 0 aromatic heterocycles. The molecule has 0 N–H and O–H groups in total. The van der Waals surface area contributed by atoms with Crippen molar-refractivity contribution in [3.8, 4) is 0 Å². The van der Waals surface area contributed by atoms with E-state index >= 15 is 0 Å². The molecule has 0 atom stereocenters. The van der Waals surface area contributed by atoms with E-state index in [4.69, 9.17) is 0 Å². The Hall–Kier alpha value is -2.65. The van der Waals surface area contributed by atoms with Crippen molar-refractivity contribution in [3.63, 3.8) is 0 Å². The van der Waals surface area contributed by atoms with Crippen LogP contribution in [0.25, 0.3) is 12.2 Å². The fourth-order valence-corrected chi connectivity index (χ4v) is 4.14. The smallest absolute Gasteiger partial charge is 0.207 e. The lowest BCUT2D eigenvalue weighted by Crippen LogP contribution is -2.04. The van der Waals surface area contributed by atoms with Crippen molar-refractivity contribution in [1.29, 1.82) is 0 Å². The normalized spacial score (nSPS) is 11.8. The van der Waals surface area contributed by atoms with Crippen molar-refractivity contribution in [2.75, 3.05) is 0 Å². The Bertz CT molecular complexity index is 1000. The van der Waals surface area contributed by atoms with Crippen LogP contribution in [0.3, 0.4) is 0 Å². The first-order chi connectivity index (χ1) is 12.0. The first-order valence-corrected chi connectivity index (χ1v) is 9.61. The quantitative estimate of drug-likeness (QED) is 0.599. The lowest BCUT2D eigenvalue weighted by atomic mass is 10.1. The molecule has 0 spiro atoms. The molecule has 3 rings (SSSR count). The molecule has 0 amide bonds. The predicted molar refractivity (Wildman–Crippen MR) is 103 cm³/mol. The summed E-state index contributed by atoms with van der Waals surface area (Å²) in [6, 6.07) is 22.3. The van der Waals surface area contributed by atoms with Crippen LogP contribution in [0.2, 0.25) is 0 Å². The highest BCUT2D eigenvalue weighted by Crippen LogP contribution is 2.27. The lowest BCUT2D eigenvalue weighted by Gasteiger charge is -2.10. The van der Waals surface area contributed by atoms with E-state index in [0.717, 1.165) is 16.7 Å². The average Bonchev–Trinajstić information content (AvgIpc) is 2.62. The van der Waals surface area contributed by atoms with E-state index in [-0.39, 0.29) is 0 Å². The molecule has 0 unspecified atom stereocenters. The van der Waals surface area contributed by atoms with E-state index in [0.29, 0.717) is 15.4 Å². The van der Waals surface area contributed by atoms with E-state index in [1.807, 2.05) is 80.6 Å². The van der Waals surface area contributed by atoms with Crippen LogP contribution >= 0.6 is 0 Å². The second-order valence-electron chi connectivity index (χ2n) is 6.10. The number of rotatable bonds is 4. The number of hydrogen-bond acceptors (Lipinski definition) is 2. The predicted octanol–water partition coefficient (Wildman–Crippen LogP) is 5.31. The van der Waals surface area contributed by atoms with Crippen LogP contribution < -0.4 is 0 Å². The third-order valence-corrected chi connectivity index (χ3v) is 5.87. The van der Waals surface area contributed by atoms with Gasteiger partial charge in [0.05, 0.1) is 9.79 Å². The summed E-state index contributed by atoms with van der Waals surface area (Å²) in [5.41, 5.74) is 3.67. The van der Waals surface area contributed by atoms with Crippen molar-refractivity contribution in [2.45, 2.75) is 23.6 Å². The van der Waals surface area contributed by atoms with Crippen molar-refractivity contribution in [1.82, 2.24) is 0 Å². The first-order valence-electron chi connectivity index (χ1n) is 8.12. The van der Waals surface area contributed by atoms with E-state index < -0.39 is 9.84 Å². The van der Waals surface area contributed by atoms with Crippen molar-refractivity contribution >= 4 is 22.0 Å². The lowest BCUT2D eigenvalue weighted by molar-refractivity contribution is 0.596. The van der Waals surface area contributed by atoms with Gasteiger partial charge in [0.2, 0.25) is 9.84 Å². The van der Waals surface area contributed by atoms with Gasteiger partial charge in [0, 0.05) is 0 Å². The van der Waals surface area contributed by atoms with Crippen LogP contribution in [0.5, 0.6) is 0 Å². The number of sulfone groups is 1. The minimum atomic E-state index is -3.56. The van der Waals surface area contributed by atoms with E-state index in [2.05, 4.69) is 0 Å². The van der Waals surface area contributed by atoms with E-state index in [1.165, 1.54) is 0 Å².